The van der Waals surface area contributed by atoms with Crippen LogP contribution in [0.15, 0.2) is 18.2 Å². The lowest BCUT2D eigenvalue weighted by atomic mass is 9.99. The number of hydrogen-bond acceptors (Lipinski definition) is 4. The number of rotatable bonds is 9. The molecule has 0 radical (unpaired) electrons. The highest BCUT2D eigenvalue weighted by atomic mass is 16.5. The number of nitrogens with two attached hydrogens (primary N) is 1. The van der Waals surface area contributed by atoms with E-state index in [1.54, 1.807) is 13.2 Å². The third-order valence-electron chi connectivity index (χ3n) is 3.37. The van der Waals surface area contributed by atoms with Crippen LogP contribution in [0.1, 0.15) is 48.0 Å². The number of aryl methyl sites for hydroxylation is 1. The van der Waals surface area contributed by atoms with Gasteiger partial charge in [-0.1, -0.05) is 31.4 Å². The molecule has 1 aromatic rings. The summed E-state index contributed by atoms with van der Waals surface area (Å²) in [5.41, 5.74) is 7.02. The predicted octanol–water partition coefficient (Wildman–Crippen LogP) is 2.93. The van der Waals surface area contributed by atoms with E-state index in [2.05, 4.69) is 0 Å². The topological polar surface area (TPSA) is 61.5 Å². The summed E-state index contributed by atoms with van der Waals surface area (Å²) < 4.78 is 10.1. The van der Waals surface area contributed by atoms with Gasteiger partial charge in [0.1, 0.15) is 11.3 Å². The Bertz CT molecular complexity index is 418. The molecule has 1 aromatic carbocycles. The molecule has 0 aliphatic carbocycles. The lowest BCUT2D eigenvalue weighted by molar-refractivity contribution is 0.0595. The van der Waals surface area contributed by atoms with Crippen molar-refractivity contribution in [1.29, 1.82) is 0 Å². The van der Waals surface area contributed by atoms with Crippen LogP contribution in [0.4, 0.5) is 0 Å². The molecule has 0 fully saturated rings. The van der Waals surface area contributed by atoms with Crippen molar-refractivity contribution in [1.82, 2.24) is 0 Å². The largest absolute Gasteiger partial charge is 0.496 e. The first kappa shape index (κ1) is 16.5. The number of carbonyl (C=O) groups excluding carboxylic acids is 1. The zero-order valence-corrected chi connectivity index (χ0v) is 12.5. The number of methoxy groups -OCH3 is 2. The summed E-state index contributed by atoms with van der Waals surface area (Å²) in [6.07, 6.45) is 6.53. The number of hydrogen-bond donors (Lipinski definition) is 1. The van der Waals surface area contributed by atoms with Crippen molar-refractivity contribution >= 4 is 5.97 Å². The highest BCUT2D eigenvalue weighted by Crippen LogP contribution is 2.24. The highest BCUT2D eigenvalue weighted by Gasteiger charge is 2.17. The normalized spacial score (nSPS) is 10.3. The zero-order chi connectivity index (χ0) is 14.8. The Kier molecular flexibility index (Phi) is 7.73. The fraction of sp³-hybridized carbons (Fsp3) is 0.562. The van der Waals surface area contributed by atoms with Crippen LogP contribution in [-0.4, -0.2) is 26.7 Å². The number of carbonyl (C=O) groups is 1. The minimum atomic E-state index is -0.333. The highest BCUT2D eigenvalue weighted by molar-refractivity contribution is 5.94. The average Bonchev–Trinajstić information content (AvgIpc) is 2.49. The SMILES string of the molecule is COC(=O)c1c(CCCCCCCN)cccc1OC. The van der Waals surface area contributed by atoms with Gasteiger partial charge in [-0.25, -0.2) is 4.79 Å². The Morgan fingerprint density at radius 3 is 2.45 bits per heavy atom. The molecular weight excluding hydrogens is 254 g/mol. The number of esters is 1. The van der Waals surface area contributed by atoms with Crippen LogP contribution in [0, 0.1) is 0 Å². The lowest BCUT2D eigenvalue weighted by Gasteiger charge is -2.12. The first-order valence-corrected chi connectivity index (χ1v) is 7.18. The quantitative estimate of drug-likeness (QED) is 0.557. The Hall–Kier alpha value is -1.55. The van der Waals surface area contributed by atoms with E-state index in [0.29, 0.717) is 11.3 Å². The van der Waals surface area contributed by atoms with E-state index in [4.69, 9.17) is 15.2 Å². The third kappa shape index (κ3) is 4.85. The fourth-order valence-corrected chi connectivity index (χ4v) is 2.28. The van der Waals surface area contributed by atoms with Crippen molar-refractivity contribution in [2.24, 2.45) is 5.73 Å². The molecule has 20 heavy (non-hydrogen) atoms. The van der Waals surface area contributed by atoms with Crippen LogP contribution in [0.5, 0.6) is 5.75 Å². The first-order chi connectivity index (χ1) is 9.74. The molecule has 0 spiro atoms. The first-order valence-electron chi connectivity index (χ1n) is 7.18. The summed E-state index contributed by atoms with van der Waals surface area (Å²) in [6.45, 7) is 0.766. The number of ether oxygens (including phenoxy) is 2. The molecule has 0 aliphatic rings. The smallest absolute Gasteiger partial charge is 0.341 e. The van der Waals surface area contributed by atoms with Gasteiger partial charge in [0, 0.05) is 0 Å². The zero-order valence-electron chi connectivity index (χ0n) is 12.5. The molecule has 1 rings (SSSR count). The Labute approximate surface area is 121 Å². The van der Waals surface area contributed by atoms with Crippen LogP contribution in [0.25, 0.3) is 0 Å². The van der Waals surface area contributed by atoms with Gasteiger partial charge >= 0.3 is 5.97 Å². The van der Waals surface area contributed by atoms with Gasteiger partial charge in [-0.15, -0.1) is 0 Å². The van der Waals surface area contributed by atoms with Crippen molar-refractivity contribution in [3.8, 4) is 5.75 Å². The monoisotopic (exact) mass is 279 g/mol. The molecule has 4 heteroatoms. The van der Waals surface area contributed by atoms with Gasteiger partial charge in [0.25, 0.3) is 0 Å². The van der Waals surface area contributed by atoms with Crippen molar-refractivity contribution < 1.29 is 14.3 Å². The predicted molar refractivity (Wildman–Crippen MR) is 80.2 cm³/mol. The molecule has 0 aromatic heterocycles. The molecule has 0 aliphatic heterocycles. The van der Waals surface area contributed by atoms with E-state index in [-0.39, 0.29) is 5.97 Å². The van der Waals surface area contributed by atoms with Gasteiger partial charge in [0.2, 0.25) is 0 Å². The van der Waals surface area contributed by atoms with Gasteiger partial charge in [-0.05, 0) is 37.4 Å². The van der Waals surface area contributed by atoms with E-state index < -0.39 is 0 Å². The molecule has 4 nitrogen and oxygen atoms in total. The number of unbranched alkanes of at least 4 members (excludes halogenated alkanes) is 4. The Morgan fingerprint density at radius 2 is 1.80 bits per heavy atom. The Balaban J connectivity index is 2.62. The maximum absolute atomic E-state index is 11.9. The second kappa shape index (κ2) is 9.37. The summed E-state index contributed by atoms with van der Waals surface area (Å²) in [7, 11) is 2.96. The average molecular weight is 279 g/mol. The number of benzene rings is 1. The minimum Gasteiger partial charge on any atom is -0.496 e. The van der Waals surface area contributed by atoms with Gasteiger partial charge in [-0.3, -0.25) is 0 Å². The van der Waals surface area contributed by atoms with Crippen molar-refractivity contribution in [3.63, 3.8) is 0 Å². The van der Waals surface area contributed by atoms with Gasteiger partial charge in [0.15, 0.2) is 0 Å². The second-order valence-corrected chi connectivity index (χ2v) is 4.79. The summed E-state index contributed by atoms with van der Waals surface area (Å²) in [5, 5.41) is 0. The van der Waals surface area contributed by atoms with Crippen LogP contribution < -0.4 is 10.5 Å². The molecule has 0 amide bonds. The molecule has 112 valence electrons. The van der Waals surface area contributed by atoms with E-state index in [1.165, 1.54) is 20.0 Å². The molecular formula is C16H25NO3. The maximum atomic E-state index is 11.9. The molecule has 0 heterocycles. The standard InChI is InChI=1S/C16H25NO3/c1-19-14-11-8-10-13(15(14)16(18)20-2)9-6-4-3-5-7-12-17/h8,10-11H,3-7,9,12,17H2,1-2H3. The van der Waals surface area contributed by atoms with Gasteiger partial charge < -0.3 is 15.2 Å². The maximum Gasteiger partial charge on any atom is 0.341 e. The van der Waals surface area contributed by atoms with Crippen molar-refractivity contribution in [2.75, 3.05) is 20.8 Å². The van der Waals surface area contributed by atoms with Crippen LogP contribution in [0.2, 0.25) is 0 Å². The molecule has 0 saturated carbocycles. The van der Waals surface area contributed by atoms with E-state index in [9.17, 15) is 4.79 Å². The summed E-state index contributed by atoms with van der Waals surface area (Å²) >= 11 is 0. The van der Waals surface area contributed by atoms with E-state index >= 15 is 0 Å². The molecule has 2 N–H and O–H groups in total. The third-order valence-corrected chi connectivity index (χ3v) is 3.37. The molecule has 0 saturated heterocycles. The summed E-state index contributed by atoms with van der Waals surface area (Å²) in [6, 6.07) is 5.67. The van der Waals surface area contributed by atoms with Crippen LogP contribution in [0.3, 0.4) is 0 Å². The van der Waals surface area contributed by atoms with Gasteiger partial charge in [-0.2, -0.15) is 0 Å². The van der Waals surface area contributed by atoms with Crippen LogP contribution >= 0.6 is 0 Å². The molecule has 0 bridgehead atoms. The lowest BCUT2D eigenvalue weighted by Crippen LogP contribution is -2.08. The molecule has 0 atom stereocenters. The fourth-order valence-electron chi connectivity index (χ4n) is 2.28. The minimum absolute atomic E-state index is 0.333. The summed E-state index contributed by atoms with van der Waals surface area (Å²) in [4.78, 5) is 11.9. The van der Waals surface area contributed by atoms with E-state index in [0.717, 1.165) is 37.8 Å². The molecule has 0 unspecified atom stereocenters. The van der Waals surface area contributed by atoms with Crippen molar-refractivity contribution in [3.05, 3.63) is 29.3 Å². The summed E-state index contributed by atoms with van der Waals surface area (Å²) in [5.74, 6) is 0.248. The van der Waals surface area contributed by atoms with Gasteiger partial charge in [0.05, 0.1) is 14.2 Å². The Morgan fingerprint density at radius 1 is 1.10 bits per heavy atom. The van der Waals surface area contributed by atoms with Crippen molar-refractivity contribution in [2.45, 2.75) is 38.5 Å². The van der Waals surface area contributed by atoms with Crippen LogP contribution in [-0.2, 0) is 11.2 Å². The second-order valence-electron chi connectivity index (χ2n) is 4.79. The van der Waals surface area contributed by atoms with E-state index in [1.807, 2.05) is 12.1 Å².